The van der Waals surface area contributed by atoms with E-state index in [0.717, 1.165) is 22.4 Å². The summed E-state index contributed by atoms with van der Waals surface area (Å²) in [7, 11) is 0. The second kappa shape index (κ2) is 8.45. The van der Waals surface area contributed by atoms with E-state index in [1.54, 1.807) is 19.1 Å². The minimum atomic E-state index is -0.408. The number of hydrogen-bond acceptors (Lipinski definition) is 4. The highest BCUT2D eigenvalue weighted by Gasteiger charge is 2.19. The number of carbonyl (C=O) groups excluding carboxylic acids is 2. The Morgan fingerprint density at radius 2 is 1.76 bits per heavy atom. The molecule has 2 aromatic carbocycles. The first-order valence-corrected chi connectivity index (χ1v) is 9.47. The van der Waals surface area contributed by atoms with Gasteiger partial charge >= 0.3 is 0 Å². The molecule has 1 heterocycles. The van der Waals surface area contributed by atoms with Gasteiger partial charge in [0.15, 0.2) is 5.69 Å². The third-order valence-corrected chi connectivity index (χ3v) is 5.05. The van der Waals surface area contributed by atoms with Gasteiger partial charge in [-0.05, 0) is 62.6 Å². The third kappa shape index (κ3) is 4.63. The van der Waals surface area contributed by atoms with E-state index >= 15 is 0 Å². The van der Waals surface area contributed by atoms with Crippen LogP contribution in [0.15, 0.2) is 36.4 Å². The van der Waals surface area contributed by atoms with Crippen molar-refractivity contribution in [1.82, 2.24) is 15.0 Å². The molecule has 1 aromatic heterocycles. The Labute approximate surface area is 174 Å². The summed E-state index contributed by atoms with van der Waals surface area (Å²) in [6.45, 7) is 7.46. The van der Waals surface area contributed by atoms with Crippen LogP contribution in [0.2, 0.25) is 5.02 Å². The van der Waals surface area contributed by atoms with Crippen LogP contribution in [0, 0.1) is 27.7 Å². The molecule has 0 atom stereocenters. The SMILES string of the molecule is Cc1ccc(Cl)cc1NC(=O)c1nnn(CC(=O)Nc2cccc(C)c2C)c1C. The lowest BCUT2D eigenvalue weighted by Crippen LogP contribution is -2.21. The Balaban J connectivity index is 1.71. The normalized spacial score (nSPS) is 10.7. The van der Waals surface area contributed by atoms with Crippen molar-refractivity contribution in [2.24, 2.45) is 0 Å². The predicted octanol–water partition coefficient (Wildman–Crippen LogP) is 4.06. The lowest BCUT2D eigenvalue weighted by molar-refractivity contribution is -0.117. The molecule has 0 aliphatic heterocycles. The zero-order valence-corrected chi connectivity index (χ0v) is 17.5. The largest absolute Gasteiger partial charge is 0.324 e. The lowest BCUT2D eigenvalue weighted by Gasteiger charge is -2.11. The van der Waals surface area contributed by atoms with Crippen molar-refractivity contribution in [3.63, 3.8) is 0 Å². The summed E-state index contributed by atoms with van der Waals surface area (Å²) >= 11 is 6.00. The van der Waals surface area contributed by atoms with Crippen molar-refractivity contribution >= 4 is 34.8 Å². The van der Waals surface area contributed by atoms with Gasteiger partial charge in [0, 0.05) is 16.4 Å². The summed E-state index contributed by atoms with van der Waals surface area (Å²) in [5.74, 6) is -0.654. The fourth-order valence-electron chi connectivity index (χ4n) is 2.84. The van der Waals surface area contributed by atoms with Crippen LogP contribution in [0.1, 0.15) is 32.9 Å². The lowest BCUT2D eigenvalue weighted by atomic mass is 10.1. The quantitative estimate of drug-likeness (QED) is 0.662. The van der Waals surface area contributed by atoms with Gasteiger partial charge in [-0.1, -0.05) is 35.0 Å². The van der Waals surface area contributed by atoms with Gasteiger partial charge in [-0.15, -0.1) is 5.10 Å². The van der Waals surface area contributed by atoms with Crippen LogP contribution in [0.25, 0.3) is 0 Å². The molecule has 0 spiro atoms. The number of amides is 2. The number of nitrogens with one attached hydrogen (secondary N) is 2. The molecule has 0 aliphatic rings. The maximum atomic E-state index is 12.6. The molecule has 150 valence electrons. The molecule has 7 nitrogen and oxygen atoms in total. The van der Waals surface area contributed by atoms with E-state index in [2.05, 4.69) is 20.9 Å². The van der Waals surface area contributed by atoms with Crippen LogP contribution in [-0.2, 0) is 11.3 Å². The maximum Gasteiger partial charge on any atom is 0.278 e. The average Bonchev–Trinajstić information content (AvgIpc) is 3.02. The summed E-state index contributed by atoms with van der Waals surface area (Å²) in [6, 6.07) is 11.0. The molecule has 8 heteroatoms. The van der Waals surface area contributed by atoms with Crippen molar-refractivity contribution in [2.75, 3.05) is 10.6 Å². The summed E-state index contributed by atoms with van der Waals surface area (Å²) in [5.41, 5.74) is 4.98. The van der Waals surface area contributed by atoms with Gasteiger partial charge in [-0.3, -0.25) is 9.59 Å². The highest BCUT2D eigenvalue weighted by Crippen LogP contribution is 2.21. The first-order chi connectivity index (χ1) is 13.8. The first-order valence-electron chi connectivity index (χ1n) is 9.10. The van der Waals surface area contributed by atoms with E-state index in [-0.39, 0.29) is 18.1 Å². The minimum absolute atomic E-state index is 0.0459. The van der Waals surface area contributed by atoms with E-state index in [1.165, 1.54) is 4.68 Å². The summed E-state index contributed by atoms with van der Waals surface area (Å²) in [6.07, 6.45) is 0. The van der Waals surface area contributed by atoms with Crippen LogP contribution in [0.5, 0.6) is 0 Å². The molecule has 29 heavy (non-hydrogen) atoms. The average molecular weight is 412 g/mol. The van der Waals surface area contributed by atoms with Gasteiger partial charge in [-0.25, -0.2) is 4.68 Å². The molecular formula is C21H22ClN5O2. The number of halogens is 1. The summed E-state index contributed by atoms with van der Waals surface area (Å²) < 4.78 is 1.40. The van der Waals surface area contributed by atoms with Crippen LogP contribution >= 0.6 is 11.6 Å². The van der Waals surface area contributed by atoms with E-state index in [1.807, 2.05) is 45.0 Å². The standard InChI is InChI=1S/C21H22ClN5O2/c1-12-6-5-7-17(14(12)3)23-19(28)11-27-15(4)20(25-26-27)21(29)24-18-10-16(22)9-8-13(18)2/h5-10H,11H2,1-4H3,(H,23,28)(H,24,29). The van der Waals surface area contributed by atoms with Gasteiger partial charge in [0.05, 0.1) is 5.69 Å². The Bertz CT molecular complexity index is 1090. The molecule has 0 saturated heterocycles. The minimum Gasteiger partial charge on any atom is -0.324 e. The molecule has 3 aromatic rings. The summed E-state index contributed by atoms with van der Waals surface area (Å²) in [4.78, 5) is 25.0. The second-order valence-electron chi connectivity index (χ2n) is 6.89. The van der Waals surface area contributed by atoms with Crippen LogP contribution < -0.4 is 10.6 Å². The van der Waals surface area contributed by atoms with Crippen molar-refractivity contribution in [1.29, 1.82) is 0 Å². The molecule has 3 rings (SSSR count). The number of nitrogens with zero attached hydrogens (tertiary/aromatic N) is 3. The molecule has 2 amide bonds. The number of rotatable bonds is 5. The van der Waals surface area contributed by atoms with Gasteiger partial charge in [0.2, 0.25) is 5.91 Å². The zero-order valence-electron chi connectivity index (χ0n) is 16.7. The Kier molecular flexibility index (Phi) is 5.98. The number of carbonyl (C=O) groups is 2. The molecule has 0 unspecified atom stereocenters. The van der Waals surface area contributed by atoms with Crippen molar-refractivity contribution < 1.29 is 9.59 Å². The zero-order chi connectivity index (χ0) is 21.1. The molecule has 0 radical (unpaired) electrons. The van der Waals surface area contributed by atoms with Gasteiger partial charge in [0.25, 0.3) is 5.91 Å². The third-order valence-electron chi connectivity index (χ3n) is 4.82. The molecule has 2 N–H and O–H groups in total. The predicted molar refractivity (Wildman–Crippen MR) is 113 cm³/mol. The number of benzene rings is 2. The molecule has 0 saturated carbocycles. The van der Waals surface area contributed by atoms with Crippen LogP contribution in [0.4, 0.5) is 11.4 Å². The number of anilines is 2. The smallest absolute Gasteiger partial charge is 0.278 e. The van der Waals surface area contributed by atoms with E-state index in [4.69, 9.17) is 11.6 Å². The van der Waals surface area contributed by atoms with E-state index in [0.29, 0.717) is 16.4 Å². The Morgan fingerprint density at radius 1 is 1.00 bits per heavy atom. The van der Waals surface area contributed by atoms with E-state index < -0.39 is 5.91 Å². The fourth-order valence-corrected chi connectivity index (χ4v) is 3.02. The van der Waals surface area contributed by atoms with Gasteiger partial charge in [-0.2, -0.15) is 0 Å². The van der Waals surface area contributed by atoms with Crippen molar-refractivity contribution in [3.8, 4) is 0 Å². The first kappa shape index (κ1) is 20.5. The topological polar surface area (TPSA) is 88.9 Å². The van der Waals surface area contributed by atoms with Gasteiger partial charge in [0.1, 0.15) is 6.54 Å². The highest BCUT2D eigenvalue weighted by atomic mass is 35.5. The van der Waals surface area contributed by atoms with Gasteiger partial charge < -0.3 is 10.6 Å². The number of aryl methyl sites for hydroxylation is 2. The molecule has 0 bridgehead atoms. The van der Waals surface area contributed by atoms with Crippen LogP contribution in [0.3, 0.4) is 0 Å². The number of hydrogen-bond donors (Lipinski definition) is 2. The highest BCUT2D eigenvalue weighted by molar-refractivity contribution is 6.31. The molecule has 0 aliphatic carbocycles. The molecule has 0 fully saturated rings. The van der Waals surface area contributed by atoms with E-state index in [9.17, 15) is 9.59 Å². The second-order valence-corrected chi connectivity index (χ2v) is 7.33. The fraction of sp³-hybridized carbons (Fsp3) is 0.238. The maximum absolute atomic E-state index is 12.6. The Morgan fingerprint density at radius 3 is 2.52 bits per heavy atom. The molecular weight excluding hydrogens is 390 g/mol. The summed E-state index contributed by atoms with van der Waals surface area (Å²) in [5, 5.41) is 14.1. The van der Waals surface area contributed by atoms with Crippen molar-refractivity contribution in [2.45, 2.75) is 34.2 Å². The van der Waals surface area contributed by atoms with Crippen molar-refractivity contribution in [3.05, 3.63) is 69.5 Å². The van der Waals surface area contributed by atoms with Crippen LogP contribution in [-0.4, -0.2) is 26.8 Å². The monoisotopic (exact) mass is 411 g/mol. The Hall–Kier alpha value is -3.19. The number of aromatic nitrogens is 3.